The summed E-state index contributed by atoms with van der Waals surface area (Å²) in [5.41, 5.74) is -0.748. The van der Waals surface area contributed by atoms with Gasteiger partial charge in [0, 0.05) is 38.6 Å². The standard InChI is InChI=1S/C20H25BrF3N5O3/c1-12-17(21)18(20(22,23)24)26-29(12)11-16(30)28-6-2-3-13(10-28)9-15-25-19(27-32-15)14-4-7-31-8-5-14/h13-14H,2-11H2,1H3. The molecule has 2 aromatic heterocycles. The molecule has 8 nitrogen and oxygen atoms in total. The van der Waals surface area contributed by atoms with E-state index in [0.717, 1.165) is 30.4 Å². The van der Waals surface area contributed by atoms with Gasteiger partial charge in [-0.05, 0) is 54.5 Å². The molecule has 4 rings (SSSR count). The molecule has 0 aromatic carbocycles. The first-order valence-corrected chi connectivity index (χ1v) is 11.5. The first-order chi connectivity index (χ1) is 15.2. The zero-order valence-electron chi connectivity index (χ0n) is 17.7. The highest BCUT2D eigenvalue weighted by molar-refractivity contribution is 9.10. The fourth-order valence-electron chi connectivity index (χ4n) is 4.27. The SMILES string of the molecule is Cc1c(Br)c(C(F)(F)F)nn1CC(=O)N1CCCC(Cc2nc(C3CCOCC3)no2)C1. The van der Waals surface area contributed by atoms with Crippen LogP contribution in [-0.2, 0) is 28.7 Å². The van der Waals surface area contributed by atoms with Crippen LogP contribution in [0, 0.1) is 12.8 Å². The topological polar surface area (TPSA) is 86.3 Å². The number of amides is 1. The van der Waals surface area contributed by atoms with E-state index < -0.39 is 11.9 Å². The number of hydrogen-bond donors (Lipinski definition) is 0. The maximum absolute atomic E-state index is 13.1. The van der Waals surface area contributed by atoms with Crippen molar-refractivity contribution in [2.45, 2.75) is 57.7 Å². The van der Waals surface area contributed by atoms with E-state index in [1.807, 2.05) is 0 Å². The molecule has 12 heteroatoms. The number of alkyl halides is 3. The molecule has 2 fully saturated rings. The van der Waals surface area contributed by atoms with Gasteiger partial charge in [-0.3, -0.25) is 9.48 Å². The van der Waals surface area contributed by atoms with E-state index in [-0.39, 0.29) is 34.5 Å². The molecule has 32 heavy (non-hydrogen) atoms. The fourth-order valence-corrected chi connectivity index (χ4v) is 4.77. The predicted molar refractivity (Wildman–Crippen MR) is 110 cm³/mol. The average Bonchev–Trinajstić information content (AvgIpc) is 3.34. The Balaban J connectivity index is 1.36. The van der Waals surface area contributed by atoms with Gasteiger partial charge in [0.05, 0.1) is 10.2 Å². The molecule has 0 bridgehead atoms. The molecule has 0 radical (unpaired) electrons. The Morgan fingerprint density at radius 2 is 2.00 bits per heavy atom. The summed E-state index contributed by atoms with van der Waals surface area (Å²) in [6.07, 6.45) is -0.518. The first-order valence-electron chi connectivity index (χ1n) is 10.7. The van der Waals surface area contributed by atoms with Crippen molar-refractivity contribution >= 4 is 21.8 Å². The second kappa shape index (κ2) is 9.50. The van der Waals surface area contributed by atoms with Crippen LogP contribution in [0.1, 0.15) is 54.7 Å². The van der Waals surface area contributed by atoms with Crippen molar-refractivity contribution in [3.63, 3.8) is 0 Å². The Bertz CT molecular complexity index is 955. The van der Waals surface area contributed by atoms with E-state index >= 15 is 0 Å². The number of likely N-dealkylation sites (tertiary alicyclic amines) is 1. The van der Waals surface area contributed by atoms with Crippen LogP contribution >= 0.6 is 15.9 Å². The first kappa shape index (κ1) is 23.2. The third-order valence-electron chi connectivity index (χ3n) is 6.09. The second-order valence-corrected chi connectivity index (χ2v) is 9.18. The predicted octanol–water partition coefficient (Wildman–Crippen LogP) is 3.73. The van der Waals surface area contributed by atoms with Gasteiger partial charge < -0.3 is 14.2 Å². The van der Waals surface area contributed by atoms with Crippen LogP contribution in [0.5, 0.6) is 0 Å². The number of halogens is 4. The van der Waals surface area contributed by atoms with Crippen molar-refractivity contribution in [3.8, 4) is 0 Å². The molecule has 1 amide bonds. The quantitative estimate of drug-likeness (QED) is 0.598. The van der Waals surface area contributed by atoms with Crippen LogP contribution in [0.15, 0.2) is 9.00 Å². The number of nitrogens with zero attached hydrogens (tertiary/aromatic N) is 5. The zero-order valence-corrected chi connectivity index (χ0v) is 19.3. The van der Waals surface area contributed by atoms with E-state index in [1.54, 1.807) is 4.90 Å². The Labute approximate surface area is 191 Å². The van der Waals surface area contributed by atoms with Gasteiger partial charge in [0.15, 0.2) is 11.5 Å². The van der Waals surface area contributed by atoms with Gasteiger partial charge in [-0.25, -0.2) is 0 Å². The van der Waals surface area contributed by atoms with Crippen LogP contribution in [0.2, 0.25) is 0 Å². The Hall–Kier alpha value is -1.95. The van der Waals surface area contributed by atoms with E-state index in [0.29, 0.717) is 44.4 Å². The van der Waals surface area contributed by atoms with Crippen molar-refractivity contribution < 1.29 is 27.2 Å². The largest absolute Gasteiger partial charge is 0.436 e. The second-order valence-electron chi connectivity index (χ2n) is 8.39. The number of rotatable bonds is 5. The van der Waals surface area contributed by atoms with Gasteiger partial charge in [-0.15, -0.1) is 0 Å². The zero-order chi connectivity index (χ0) is 22.9. The van der Waals surface area contributed by atoms with Crippen molar-refractivity contribution in [1.29, 1.82) is 0 Å². The summed E-state index contributed by atoms with van der Waals surface area (Å²) in [7, 11) is 0. The molecular formula is C20H25BrF3N5O3. The van der Waals surface area contributed by atoms with Gasteiger partial charge in [0.1, 0.15) is 6.54 Å². The average molecular weight is 520 g/mol. The van der Waals surface area contributed by atoms with E-state index in [4.69, 9.17) is 9.26 Å². The van der Waals surface area contributed by atoms with Crippen LogP contribution in [0.25, 0.3) is 0 Å². The summed E-state index contributed by atoms with van der Waals surface area (Å²) >= 11 is 2.94. The molecule has 2 aromatic rings. The Morgan fingerprint density at radius 3 is 2.69 bits per heavy atom. The van der Waals surface area contributed by atoms with Gasteiger partial charge >= 0.3 is 6.18 Å². The molecule has 0 spiro atoms. The smallest absolute Gasteiger partial charge is 0.381 e. The summed E-state index contributed by atoms with van der Waals surface area (Å²) < 4.78 is 51.0. The van der Waals surface area contributed by atoms with Crippen LogP contribution in [0.3, 0.4) is 0 Å². The molecule has 1 unspecified atom stereocenters. The van der Waals surface area contributed by atoms with Gasteiger partial charge in [0.2, 0.25) is 11.8 Å². The van der Waals surface area contributed by atoms with Crippen molar-refractivity contribution in [3.05, 3.63) is 27.6 Å². The highest BCUT2D eigenvalue weighted by Gasteiger charge is 2.38. The monoisotopic (exact) mass is 519 g/mol. The molecule has 0 saturated carbocycles. The lowest BCUT2D eigenvalue weighted by Gasteiger charge is -2.32. The summed E-state index contributed by atoms with van der Waals surface area (Å²) in [6, 6.07) is 0. The van der Waals surface area contributed by atoms with E-state index in [9.17, 15) is 18.0 Å². The highest BCUT2D eigenvalue weighted by atomic mass is 79.9. The van der Waals surface area contributed by atoms with E-state index in [2.05, 4.69) is 31.2 Å². The normalized spacial score (nSPS) is 20.7. The third kappa shape index (κ3) is 5.16. The van der Waals surface area contributed by atoms with Crippen molar-refractivity contribution in [2.24, 2.45) is 5.92 Å². The molecule has 2 saturated heterocycles. The van der Waals surface area contributed by atoms with Gasteiger partial charge in [0.25, 0.3) is 0 Å². The Kier molecular flexibility index (Phi) is 6.89. The lowest BCUT2D eigenvalue weighted by molar-refractivity contribution is -0.142. The summed E-state index contributed by atoms with van der Waals surface area (Å²) in [5, 5.41) is 7.73. The fraction of sp³-hybridized carbons (Fsp3) is 0.700. The maximum atomic E-state index is 13.1. The van der Waals surface area contributed by atoms with Gasteiger partial charge in [-0.1, -0.05) is 5.16 Å². The lowest BCUT2D eigenvalue weighted by atomic mass is 9.94. The van der Waals surface area contributed by atoms with E-state index in [1.165, 1.54) is 6.92 Å². The number of ether oxygens (including phenoxy) is 1. The molecule has 4 heterocycles. The number of piperidine rings is 1. The van der Waals surface area contributed by atoms with Crippen LogP contribution < -0.4 is 0 Å². The number of aromatic nitrogens is 4. The number of carbonyl (C=O) groups excluding carboxylic acids is 1. The molecule has 0 aliphatic carbocycles. The molecule has 2 aliphatic rings. The summed E-state index contributed by atoms with van der Waals surface area (Å²) in [4.78, 5) is 19.0. The lowest BCUT2D eigenvalue weighted by Crippen LogP contribution is -2.42. The summed E-state index contributed by atoms with van der Waals surface area (Å²) in [5.74, 6) is 1.44. The minimum Gasteiger partial charge on any atom is -0.381 e. The molecule has 176 valence electrons. The Morgan fingerprint density at radius 1 is 1.25 bits per heavy atom. The highest BCUT2D eigenvalue weighted by Crippen LogP contribution is 2.35. The molecule has 0 N–H and O–H groups in total. The third-order valence-corrected chi connectivity index (χ3v) is 7.04. The molecule has 1 atom stereocenters. The number of hydrogen-bond acceptors (Lipinski definition) is 6. The van der Waals surface area contributed by atoms with Crippen molar-refractivity contribution in [2.75, 3.05) is 26.3 Å². The van der Waals surface area contributed by atoms with Crippen LogP contribution in [-0.4, -0.2) is 57.0 Å². The maximum Gasteiger partial charge on any atom is 0.436 e. The summed E-state index contributed by atoms with van der Waals surface area (Å²) in [6.45, 7) is 3.74. The number of carbonyl (C=O) groups is 1. The minimum absolute atomic E-state index is 0.133. The van der Waals surface area contributed by atoms with Gasteiger partial charge in [-0.2, -0.15) is 23.3 Å². The molecule has 2 aliphatic heterocycles. The van der Waals surface area contributed by atoms with Crippen LogP contribution in [0.4, 0.5) is 13.2 Å². The minimum atomic E-state index is -4.58. The molecular weight excluding hydrogens is 495 g/mol. The van der Waals surface area contributed by atoms with Crippen molar-refractivity contribution in [1.82, 2.24) is 24.8 Å².